The fourth-order valence-electron chi connectivity index (χ4n) is 1.13. The van der Waals surface area contributed by atoms with Crippen LogP contribution in [0.3, 0.4) is 0 Å². The number of primary amides is 1. The summed E-state index contributed by atoms with van der Waals surface area (Å²) in [6, 6.07) is 5.90. The minimum absolute atomic E-state index is 0.0383. The van der Waals surface area contributed by atoms with E-state index in [1.54, 1.807) is 27.8 Å². The predicted octanol–water partition coefficient (Wildman–Crippen LogP) is 2.15. The Kier molecular flexibility index (Phi) is 10.2. The van der Waals surface area contributed by atoms with E-state index < -0.39 is 6.09 Å². The molecule has 0 radical (unpaired) electrons. The van der Waals surface area contributed by atoms with E-state index in [1.807, 2.05) is 18.2 Å². The van der Waals surface area contributed by atoms with Gasteiger partial charge in [0.15, 0.2) is 5.96 Å². The molecule has 0 saturated heterocycles. The van der Waals surface area contributed by atoms with Crippen LogP contribution in [-0.4, -0.2) is 40.0 Å². The Labute approximate surface area is 138 Å². The quantitative estimate of drug-likeness (QED) is 0.279. The molecule has 124 valence electrons. The molecular formula is C13H23N5O2S2. The Morgan fingerprint density at radius 3 is 2.55 bits per heavy atom. The zero-order valence-corrected chi connectivity index (χ0v) is 14.6. The van der Waals surface area contributed by atoms with Crippen LogP contribution in [0, 0.1) is 0 Å². The van der Waals surface area contributed by atoms with E-state index in [9.17, 15) is 0 Å². The Bertz CT molecular complexity index is 459. The first-order chi connectivity index (χ1) is 10.2. The van der Waals surface area contributed by atoms with E-state index in [2.05, 4.69) is 41.8 Å². The molecule has 0 aliphatic heterocycles. The number of pyridine rings is 1. The lowest BCUT2D eigenvalue weighted by Gasteiger charge is -2.20. The minimum atomic E-state index is -1.33. The van der Waals surface area contributed by atoms with Crippen LogP contribution in [0.15, 0.2) is 34.4 Å². The summed E-state index contributed by atoms with van der Waals surface area (Å²) < 4.78 is 0. The molecule has 0 saturated carbocycles. The molecular weight excluding hydrogens is 322 g/mol. The molecule has 0 aliphatic rings. The van der Waals surface area contributed by atoms with E-state index in [-0.39, 0.29) is 5.54 Å². The van der Waals surface area contributed by atoms with Gasteiger partial charge in [0.05, 0.1) is 6.54 Å². The summed E-state index contributed by atoms with van der Waals surface area (Å²) in [5.74, 6) is 1.42. The van der Waals surface area contributed by atoms with E-state index in [1.165, 1.54) is 0 Å². The van der Waals surface area contributed by atoms with Crippen molar-refractivity contribution >= 4 is 33.6 Å². The molecule has 0 fully saturated rings. The number of nitrogens with one attached hydrogen (secondary N) is 1. The third-order valence-electron chi connectivity index (χ3n) is 1.74. The van der Waals surface area contributed by atoms with Gasteiger partial charge in [0.25, 0.3) is 0 Å². The number of amides is 1. The number of hydrogen-bond acceptors (Lipinski definition) is 5. The molecule has 0 bridgehead atoms. The predicted molar refractivity (Wildman–Crippen MR) is 94.1 cm³/mol. The average molecular weight is 345 g/mol. The van der Waals surface area contributed by atoms with Crippen molar-refractivity contribution in [2.75, 3.05) is 12.3 Å². The number of aliphatic imine (C=N–C) groups is 1. The monoisotopic (exact) mass is 345 g/mol. The van der Waals surface area contributed by atoms with Crippen molar-refractivity contribution in [1.29, 1.82) is 0 Å². The Morgan fingerprint density at radius 2 is 2.05 bits per heavy atom. The number of nitrogens with zero attached hydrogens (tertiary/aromatic N) is 2. The minimum Gasteiger partial charge on any atom is -0.465 e. The Balaban J connectivity index is 0.000000980. The SMILES string of the molecule is CC(C)(C)NC(N)=NCCSSc1ccccn1.NC(=O)O. The Hall–Kier alpha value is -1.61. The van der Waals surface area contributed by atoms with Gasteiger partial charge in [-0.05, 0) is 43.7 Å². The highest BCUT2D eigenvalue weighted by Crippen LogP contribution is 2.28. The smallest absolute Gasteiger partial charge is 0.402 e. The van der Waals surface area contributed by atoms with Gasteiger partial charge in [-0.3, -0.25) is 4.99 Å². The third kappa shape index (κ3) is 14.8. The third-order valence-corrected chi connectivity index (χ3v) is 3.99. The van der Waals surface area contributed by atoms with Gasteiger partial charge in [-0.15, -0.1) is 0 Å². The number of aromatic nitrogens is 1. The van der Waals surface area contributed by atoms with Crippen molar-refractivity contribution < 1.29 is 9.90 Å². The van der Waals surface area contributed by atoms with Gasteiger partial charge in [-0.1, -0.05) is 16.9 Å². The highest BCUT2D eigenvalue weighted by Gasteiger charge is 2.09. The van der Waals surface area contributed by atoms with Gasteiger partial charge in [-0.25, -0.2) is 9.78 Å². The number of rotatable bonds is 5. The second kappa shape index (κ2) is 11.0. The molecule has 1 aromatic heterocycles. The second-order valence-electron chi connectivity index (χ2n) is 5.05. The number of carbonyl (C=O) groups is 1. The van der Waals surface area contributed by atoms with E-state index in [4.69, 9.17) is 15.6 Å². The first-order valence-corrected chi connectivity index (χ1v) is 8.79. The van der Waals surface area contributed by atoms with Crippen LogP contribution >= 0.6 is 21.6 Å². The van der Waals surface area contributed by atoms with Crippen molar-refractivity contribution in [3.8, 4) is 0 Å². The van der Waals surface area contributed by atoms with Crippen LogP contribution < -0.4 is 16.8 Å². The van der Waals surface area contributed by atoms with Crippen LogP contribution in [0.1, 0.15) is 20.8 Å². The fraction of sp³-hybridized carbons (Fsp3) is 0.462. The van der Waals surface area contributed by atoms with Gasteiger partial charge in [0.1, 0.15) is 5.03 Å². The average Bonchev–Trinajstić information content (AvgIpc) is 2.36. The maximum atomic E-state index is 8.78. The van der Waals surface area contributed by atoms with Gasteiger partial charge < -0.3 is 21.9 Å². The summed E-state index contributed by atoms with van der Waals surface area (Å²) in [6.07, 6.45) is 0.465. The standard InChI is InChI=1S/C12H20N4S2.CH3NO2/c1-12(2,3)16-11(13)15-8-9-17-18-10-6-4-5-7-14-10;2-1(3)4/h4-7H,8-9H2,1-3H3,(H3,13,15,16);2H2,(H,3,4). The number of hydrogen-bond donors (Lipinski definition) is 4. The summed E-state index contributed by atoms with van der Waals surface area (Å²) in [5.41, 5.74) is 9.75. The number of guanidine groups is 1. The maximum Gasteiger partial charge on any atom is 0.402 e. The van der Waals surface area contributed by atoms with Crippen molar-refractivity contribution in [2.24, 2.45) is 16.5 Å². The highest BCUT2D eigenvalue weighted by molar-refractivity contribution is 8.76. The van der Waals surface area contributed by atoms with E-state index >= 15 is 0 Å². The highest BCUT2D eigenvalue weighted by atomic mass is 33.1. The van der Waals surface area contributed by atoms with Crippen molar-refractivity contribution in [1.82, 2.24) is 10.3 Å². The molecule has 0 aliphatic carbocycles. The molecule has 1 rings (SSSR count). The molecule has 0 atom stereocenters. The normalized spacial score (nSPS) is 11.3. The lowest BCUT2D eigenvalue weighted by Crippen LogP contribution is -2.45. The lowest BCUT2D eigenvalue weighted by molar-refractivity contribution is 0.205. The molecule has 1 heterocycles. The molecule has 6 N–H and O–H groups in total. The number of nitrogens with two attached hydrogens (primary N) is 2. The zero-order chi connectivity index (χ0) is 17.0. The molecule has 7 nitrogen and oxygen atoms in total. The summed E-state index contributed by atoms with van der Waals surface area (Å²) in [5, 5.41) is 11.3. The maximum absolute atomic E-state index is 8.78. The van der Waals surface area contributed by atoms with Crippen LogP contribution in [-0.2, 0) is 0 Å². The second-order valence-corrected chi connectivity index (χ2v) is 7.49. The molecule has 1 aromatic rings. The molecule has 1 amide bonds. The van der Waals surface area contributed by atoms with Crippen LogP contribution in [0.25, 0.3) is 0 Å². The zero-order valence-electron chi connectivity index (χ0n) is 12.9. The molecule has 0 unspecified atom stereocenters. The number of carboxylic acid groups (broad SMARTS) is 1. The van der Waals surface area contributed by atoms with Crippen molar-refractivity contribution in [3.05, 3.63) is 24.4 Å². The van der Waals surface area contributed by atoms with Gasteiger partial charge in [-0.2, -0.15) is 0 Å². The molecule has 22 heavy (non-hydrogen) atoms. The lowest BCUT2D eigenvalue weighted by atomic mass is 10.1. The van der Waals surface area contributed by atoms with E-state index in [0.29, 0.717) is 12.5 Å². The fourth-order valence-corrected chi connectivity index (χ4v) is 2.87. The Morgan fingerprint density at radius 1 is 1.41 bits per heavy atom. The first kappa shape index (κ1) is 20.4. The van der Waals surface area contributed by atoms with Gasteiger partial charge in [0.2, 0.25) is 0 Å². The van der Waals surface area contributed by atoms with Crippen LogP contribution in [0.4, 0.5) is 4.79 Å². The summed E-state index contributed by atoms with van der Waals surface area (Å²) in [4.78, 5) is 17.3. The van der Waals surface area contributed by atoms with E-state index in [0.717, 1.165) is 10.8 Å². The summed E-state index contributed by atoms with van der Waals surface area (Å²) in [6.45, 7) is 6.88. The molecule has 0 aromatic carbocycles. The van der Waals surface area contributed by atoms with Crippen LogP contribution in [0.2, 0.25) is 0 Å². The van der Waals surface area contributed by atoms with Crippen molar-refractivity contribution in [2.45, 2.75) is 31.3 Å². The van der Waals surface area contributed by atoms with Crippen LogP contribution in [0.5, 0.6) is 0 Å². The van der Waals surface area contributed by atoms with Crippen molar-refractivity contribution in [3.63, 3.8) is 0 Å². The first-order valence-electron chi connectivity index (χ1n) is 6.47. The van der Waals surface area contributed by atoms with Gasteiger partial charge in [0, 0.05) is 17.5 Å². The summed E-state index contributed by atoms with van der Waals surface area (Å²) in [7, 11) is 3.39. The molecule has 0 spiro atoms. The summed E-state index contributed by atoms with van der Waals surface area (Å²) >= 11 is 0. The van der Waals surface area contributed by atoms with Gasteiger partial charge >= 0.3 is 6.09 Å². The topological polar surface area (TPSA) is 127 Å². The molecule has 9 heteroatoms. The largest absolute Gasteiger partial charge is 0.465 e.